The van der Waals surface area contributed by atoms with Crippen LogP contribution in [0.3, 0.4) is 0 Å². The summed E-state index contributed by atoms with van der Waals surface area (Å²) >= 11 is 5.82. The van der Waals surface area contributed by atoms with E-state index in [0.717, 1.165) is 5.56 Å². The van der Waals surface area contributed by atoms with Gasteiger partial charge in [0.2, 0.25) is 0 Å². The molecular formula is C14H13ClN2O2. The molecule has 0 aliphatic carbocycles. The van der Waals surface area contributed by atoms with Crippen LogP contribution in [0.15, 0.2) is 30.5 Å². The number of phenols is 1. The van der Waals surface area contributed by atoms with E-state index in [1.165, 1.54) is 6.20 Å². The molecule has 0 fully saturated rings. The Hall–Kier alpha value is -2.07. The van der Waals surface area contributed by atoms with Crippen molar-refractivity contribution in [2.75, 3.05) is 5.32 Å². The molecule has 19 heavy (non-hydrogen) atoms. The van der Waals surface area contributed by atoms with Crippen LogP contribution in [-0.2, 0) is 0 Å². The Bertz CT molecular complexity index is 641. The van der Waals surface area contributed by atoms with Crippen LogP contribution in [0, 0.1) is 13.8 Å². The lowest BCUT2D eigenvalue weighted by Crippen LogP contribution is -2.13. The highest BCUT2D eigenvalue weighted by molar-refractivity contribution is 6.30. The summed E-state index contributed by atoms with van der Waals surface area (Å²) in [6.45, 7) is 3.50. The molecule has 0 atom stereocenters. The van der Waals surface area contributed by atoms with Gasteiger partial charge in [-0.1, -0.05) is 17.7 Å². The average molecular weight is 277 g/mol. The van der Waals surface area contributed by atoms with Crippen molar-refractivity contribution in [1.82, 2.24) is 4.98 Å². The number of aryl methyl sites for hydroxylation is 1. The summed E-state index contributed by atoms with van der Waals surface area (Å²) in [5.41, 5.74) is 2.31. The molecule has 2 N–H and O–H groups in total. The minimum Gasteiger partial charge on any atom is -0.508 e. The Morgan fingerprint density at radius 1 is 1.37 bits per heavy atom. The van der Waals surface area contributed by atoms with Gasteiger partial charge in [-0.15, -0.1) is 0 Å². The number of nitrogens with zero attached hydrogens (tertiary/aromatic N) is 1. The lowest BCUT2D eigenvalue weighted by atomic mass is 10.1. The molecule has 0 bridgehead atoms. The zero-order valence-electron chi connectivity index (χ0n) is 10.6. The first-order valence-electron chi connectivity index (χ1n) is 5.71. The molecule has 0 spiro atoms. The van der Waals surface area contributed by atoms with Crippen molar-refractivity contribution in [1.29, 1.82) is 0 Å². The van der Waals surface area contributed by atoms with Gasteiger partial charge in [-0.05, 0) is 37.6 Å². The zero-order valence-corrected chi connectivity index (χ0v) is 11.3. The molecule has 5 heteroatoms. The van der Waals surface area contributed by atoms with Crippen molar-refractivity contribution in [2.45, 2.75) is 13.8 Å². The minimum atomic E-state index is -0.295. The van der Waals surface area contributed by atoms with E-state index in [-0.39, 0.29) is 11.7 Å². The Balaban J connectivity index is 2.26. The van der Waals surface area contributed by atoms with E-state index < -0.39 is 0 Å². The summed E-state index contributed by atoms with van der Waals surface area (Å²) in [6.07, 6.45) is 1.49. The molecule has 1 aromatic heterocycles. The quantitative estimate of drug-likeness (QED) is 0.827. The molecule has 1 heterocycles. The summed E-state index contributed by atoms with van der Waals surface area (Å²) in [6, 6.07) is 6.56. The molecule has 0 saturated heterocycles. The number of pyridine rings is 1. The SMILES string of the molecule is Cc1cc(NC(=O)c2cccc(O)c2C)cnc1Cl. The maximum absolute atomic E-state index is 12.1. The third kappa shape index (κ3) is 2.85. The summed E-state index contributed by atoms with van der Waals surface area (Å²) in [4.78, 5) is 16.1. The number of hydrogen-bond acceptors (Lipinski definition) is 3. The number of aromatic hydroxyl groups is 1. The average Bonchev–Trinajstić information content (AvgIpc) is 2.37. The van der Waals surface area contributed by atoms with E-state index in [2.05, 4.69) is 10.3 Å². The van der Waals surface area contributed by atoms with Gasteiger partial charge >= 0.3 is 0 Å². The summed E-state index contributed by atoms with van der Waals surface area (Å²) in [7, 11) is 0. The van der Waals surface area contributed by atoms with Crippen molar-refractivity contribution in [3.8, 4) is 5.75 Å². The number of hydrogen-bond donors (Lipinski definition) is 2. The summed E-state index contributed by atoms with van der Waals surface area (Å²) in [5.74, 6) is -0.199. The minimum absolute atomic E-state index is 0.0954. The fourth-order valence-corrected chi connectivity index (χ4v) is 1.80. The third-order valence-corrected chi connectivity index (χ3v) is 3.22. The highest BCUT2D eigenvalue weighted by Crippen LogP contribution is 2.21. The molecule has 1 amide bonds. The molecule has 0 aliphatic heterocycles. The first kappa shape index (κ1) is 13.4. The van der Waals surface area contributed by atoms with Crippen LogP contribution in [0.1, 0.15) is 21.5 Å². The monoisotopic (exact) mass is 276 g/mol. The Kier molecular flexibility index (Phi) is 3.71. The number of rotatable bonds is 2. The van der Waals surface area contributed by atoms with Crippen LogP contribution in [0.5, 0.6) is 5.75 Å². The van der Waals surface area contributed by atoms with Crippen LogP contribution >= 0.6 is 11.6 Å². The molecule has 0 unspecified atom stereocenters. The van der Waals surface area contributed by atoms with Crippen LogP contribution in [0.4, 0.5) is 5.69 Å². The van der Waals surface area contributed by atoms with Gasteiger partial charge in [0.05, 0.1) is 11.9 Å². The number of benzene rings is 1. The number of phenolic OH excluding ortho intramolecular Hbond substituents is 1. The lowest BCUT2D eigenvalue weighted by molar-refractivity contribution is 0.102. The number of nitrogens with one attached hydrogen (secondary N) is 1. The van der Waals surface area contributed by atoms with Crippen molar-refractivity contribution in [3.63, 3.8) is 0 Å². The predicted octanol–water partition coefficient (Wildman–Crippen LogP) is 3.31. The molecular weight excluding hydrogens is 264 g/mol. The first-order chi connectivity index (χ1) is 8.99. The zero-order chi connectivity index (χ0) is 14.0. The second-order valence-electron chi connectivity index (χ2n) is 4.24. The van der Waals surface area contributed by atoms with E-state index in [1.807, 2.05) is 6.92 Å². The number of aromatic nitrogens is 1. The van der Waals surface area contributed by atoms with Gasteiger partial charge in [-0.3, -0.25) is 4.79 Å². The third-order valence-electron chi connectivity index (χ3n) is 2.82. The fourth-order valence-electron chi connectivity index (χ4n) is 1.69. The Morgan fingerprint density at radius 3 is 2.79 bits per heavy atom. The largest absolute Gasteiger partial charge is 0.508 e. The number of carbonyl (C=O) groups is 1. The number of carbonyl (C=O) groups excluding carboxylic acids is 1. The normalized spacial score (nSPS) is 10.3. The molecule has 1 aromatic carbocycles. The molecule has 2 aromatic rings. The number of amides is 1. The van der Waals surface area contributed by atoms with E-state index in [4.69, 9.17) is 11.6 Å². The van der Waals surface area contributed by atoms with Crippen molar-refractivity contribution in [2.24, 2.45) is 0 Å². The van der Waals surface area contributed by atoms with Gasteiger partial charge in [0.25, 0.3) is 5.91 Å². The van der Waals surface area contributed by atoms with E-state index >= 15 is 0 Å². The molecule has 0 saturated carbocycles. The Labute approximate surface area is 116 Å². The smallest absolute Gasteiger partial charge is 0.256 e. The van der Waals surface area contributed by atoms with Crippen LogP contribution in [0.25, 0.3) is 0 Å². The second-order valence-corrected chi connectivity index (χ2v) is 4.59. The van der Waals surface area contributed by atoms with Crippen molar-refractivity contribution >= 4 is 23.2 Å². The fraction of sp³-hybridized carbons (Fsp3) is 0.143. The van der Waals surface area contributed by atoms with Gasteiger partial charge < -0.3 is 10.4 Å². The van der Waals surface area contributed by atoms with Crippen molar-refractivity contribution in [3.05, 3.63) is 52.3 Å². The van der Waals surface area contributed by atoms with E-state index in [1.54, 1.807) is 31.2 Å². The lowest BCUT2D eigenvalue weighted by Gasteiger charge is -2.09. The Morgan fingerprint density at radius 2 is 2.11 bits per heavy atom. The number of anilines is 1. The van der Waals surface area contributed by atoms with Crippen LogP contribution < -0.4 is 5.32 Å². The standard InChI is InChI=1S/C14H13ClN2O2/c1-8-6-10(7-16-13(8)15)17-14(19)11-4-3-5-12(18)9(11)2/h3-7,18H,1-2H3,(H,17,19). The maximum Gasteiger partial charge on any atom is 0.256 e. The first-order valence-corrected chi connectivity index (χ1v) is 6.09. The topological polar surface area (TPSA) is 62.2 Å². The van der Waals surface area contributed by atoms with Gasteiger partial charge in [0, 0.05) is 11.1 Å². The molecule has 4 nitrogen and oxygen atoms in total. The van der Waals surface area contributed by atoms with Gasteiger partial charge in [0.1, 0.15) is 10.9 Å². The summed E-state index contributed by atoms with van der Waals surface area (Å²) in [5, 5.41) is 12.7. The van der Waals surface area contributed by atoms with Gasteiger partial charge in [0.15, 0.2) is 0 Å². The highest BCUT2D eigenvalue weighted by Gasteiger charge is 2.12. The molecule has 2 rings (SSSR count). The second kappa shape index (κ2) is 5.28. The van der Waals surface area contributed by atoms with Crippen LogP contribution in [0.2, 0.25) is 5.15 Å². The molecule has 0 radical (unpaired) electrons. The van der Waals surface area contributed by atoms with Gasteiger partial charge in [-0.25, -0.2) is 4.98 Å². The maximum atomic E-state index is 12.1. The molecule has 0 aliphatic rings. The molecule has 98 valence electrons. The van der Waals surface area contributed by atoms with Gasteiger partial charge in [-0.2, -0.15) is 0 Å². The van der Waals surface area contributed by atoms with Crippen molar-refractivity contribution < 1.29 is 9.90 Å². The van der Waals surface area contributed by atoms with E-state index in [9.17, 15) is 9.90 Å². The number of halogens is 1. The summed E-state index contributed by atoms with van der Waals surface area (Å²) < 4.78 is 0. The predicted molar refractivity (Wildman–Crippen MR) is 74.8 cm³/mol. The van der Waals surface area contributed by atoms with Crippen LogP contribution in [-0.4, -0.2) is 16.0 Å². The highest BCUT2D eigenvalue weighted by atomic mass is 35.5. The van der Waals surface area contributed by atoms with E-state index in [0.29, 0.717) is 22.0 Å².